The Morgan fingerprint density at radius 3 is 2.90 bits per heavy atom. The van der Waals surface area contributed by atoms with Gasteiger partial charge in [0.2, 0.25) is 5.78 Å². The minimum Gasteiger partial charge on any atom is -0.453 e. The average molecular weight is 265 g/mol. The Kier molecular flexibility index (Phi) is 3.11. The first-order valence-electron chi connectivity index (χ1n) is 6.67. The van der Waals surface area contributed by atoms with Crippen LogP contribution >= 0.6 is 0 Å². The summed E-state index contributed by atoms with van der Waals surface area (Å²) in [5.41, 5.74) is 3.49. The maximum Gasteiger partial charge on any atom is 0.228 e. The van der Waals surface area contributed by atoms with Gasteiger partial charge in [-0.1, -0.05) is 18.6 Å². The lowest BCUT2D eigenvalue weighted by molar-refractivity contribution is 0.101. The van der Waals surface area contributed by atoms with Crippen LogP contribution in [0.4, 0.5) is 0 Å². The van der Waals surface area contributed by atoms with Crippen molar-refractivity contribution in [3.05, 3.63) is 65.2 Å². The highest BCUT2D eigenvalue weighted by Gasteiger charge is 2.17. The fourth-order valence-corrected chi connectivity index (χ4v) is 2.34. The molecule has 0 N–H and O–H groups in total. The number of aromatic nitrogens is 1. The zero-order chi connectivity index (χ0) is 14.1. The maximum absolute atomic E-state index is 12.6. The predicted molar refractivity (Wildman–Crippen MR) is 78.0 cm³/mol. The lowest BCUT2D eigenvalue weighted by Crippen LogP contribution is -2.04. The van der Waals surface area contributed by atoms with E-state index < -0.39 is 0 Å². The van der Waals surface area contributed by atoms with Gasteiger partial charge in [0, 0.05) is 23.3 Å². The molecular weight excluding hydrogens is 250 g/mol. The van der Waals surface area contributed by atoms with Crippen LogP contribution in [0.2, 0.25) is 0 Å². The number of pyridine rings is 1. The van der Waals surface area contributed by atoms with Gasteiger partial charge in [0.05, 0.1) is 0 Å². The van der Waals surface area contributed by atoms with Crippen molar-refractivity contribution in [3.8, 4) is 0 Å². The van der Waals surface area contributed by atoms with E-state index in [0.29, 0.717) is 11.3 Å². The predicted octanol–water partition coefficient (Wildman–Crippen LogP) is 3.93. The maximum atomic E-state index is 12.6. The first-order valence-corrected chi connectivity index (χ1v) is 6.67. The smallest absolute Gasteiger partial charge is 0.228 e. The standard InChI is InChI=1S/C17H15NO2/c1-3-12-10-18-7-6-14(12)17(19)16-9-13-8-11(2)4-5-15(13)20-16/h4-10H,3H2,1-2H3. The van der Waals surface area contributed by atoms with Crippen molar-refractivity contribution >= 4 is 16.8 Å². The molecule has 0 spiro atoms. The second-order valence-electron chi connectivity index (χ2n) is 4.87. The topological polar surface area (TPSA) is 43.1 Å². The van der Waals surface area contributed by atoms with E-state index in [2.05, 4.69) is 4.98 Å². The van der Waals surface area contributed by atoms with Crippen molar-refractivity contribution in [2.45, 2.75) is 20.3 Å². The molecule has 100 valence electrons. The first-order chi connectivity index (χ1) is 9.69. The number of ketones is 1. The van der Waals surface area contributed by atoms with Crippen LogP contribution in [0.25, 0.3) is 11.0 Å². The fraction of sp³-hybridized carbons (Fsp3) is 0.176. The van der Waals surface area contributed by atoms with Crippen molar-refractivity contribution in [3.63, 3.8) is 0 Å². The van der Waals surface area contributed by atoms with Crippen LogP contribution in [0.15, 0.2) is 47.1 Å². The lowest BCUT2D eigenvalue weighted by Gasteiger charge is -2.03. The van der Waals surface area contributed by atoms with E-state index in [9.17, 15) is 4.79 Å². The summed E-state index contributed by atoms with van der Waals surface area (Å²) in [6, 6.07) is 9.45. The molecule has 2 aromatic heterocycles. The van der Waals surface area contributed by atoms with E-state index in [0.717, 1.165) is 28.5 Å². The highest BCUT2D eigenvalue weighted by atomic mass is 16.3. The van der Waals surface area contributed by atoms with Crippen LogP contribution in [-0.2, 0) is 6.42 Å². The molecule has 0 saturated carbocycles. The molecule has 0 saturated heterocycles. The summed E-state index contributed by atoms with van der Waals surface area (Å²) in [5.74, 6) is 0.296. The molecule has 3 heteroatoms. The molecule has 0 bridgehead atoms. The van der Waals surface area contributed by atoms with Gasteiger partial charge >= 0.3 is 0 Å². The number of fused-ring (bicyclic) bond motifs is 1. The Morgan fingerprint density at radius 1 is 1.25 bits per heavy atom. The molecule has 3 aromatic rings. The third-order valence-corrected chi connectivity index (χ3v) is 3.42. The third-order valence-electron chi connectivity index (χ3n) is 3.42. The van der Waals surface area contributed by atoms with Gasteiger partial charge in [-0.05, 0) is 43.2 Å². The van der Waals surface area contributed by atoms with Gasteiger partial charge in [-0.3, -0.25) is 9.78 Å². The van der Waals surface area contributed by atoms with Gasteiger partial charge in [0.15, 0.2) is 5.76 Å². The number of carbonyl (C=O) groups is 1. The number of rotatable bonds is 3. The van der Waals surface area contributed by atoms with Gasteiger partial charge in [-0.15, -0.1) is 0 Å². The van der Waals surface area contributed by atoms with E-state index in [4.69, 9.17) is 4.42 Å². The van der Waals surface area contributed by atoms with Gasteiger partial charge in [0.25, 0.3) is 0 Å². The number of nitrogens with zero attached hydrogens (tertiary/aromatic N) is 1. The highest BCUT2D eigenvalue weighted by molar-refractivity contribution is 6.09. The van der Waals surface area contributed by atoms with Crippen LogP contribution < -0.4 is 0 Å². The summed E-state index contributed by atoms with van der Waals surface area (Å²) in [5, 5.41) is 0.959. The first kappa shape index (κ1) is 12.6. The summed E-state index contributed by atoms with van der Waals surface area (Å²) in [4.78, 5) is 16.6. The number of furan rings is 1. The molecule has 0 fully saturated rings. The monoisotopic (exact) mass is 265 g/mol. The number of aryl methyl sites for hydroxylation is 2. The quantitative estimate of drug-likeness (QED) is 0.674. The van der Waals surface area contributed by atoms with Crippen molar-refractivity contribution in [1.29, 1.82) is 0 Å². The molecule has 3 rings (SSSR count). The van der Waals surface area contributed by atoms with E-state index in [1.807, 2.05) is 38.1 Å². The molecule has 3 nitrogen and oxygen atoms in total. The van der Waals surface area contributed by atoms with Gasteiger partial charge in [0.1, 0.15) is 5.58 Å². The highest BCUT2D eigenvalue weighted by Crippen LogP contribution is 2.23. The minimum atomic E-state index is -0.0851. The van der Waals surface area contributed by atoms with Crippen molar-refractivity contribution in [2.75, 3.05) is 0 Å². The molecule has 0 aliphatic rings. The number of hydrogen-bond acceptors (Lipinski definition) is 3. The zero-order valence-electron chi connectivity index (χ0n) is 11.5. The van der Waals surface area contributed by atoms with E-state index in [1.54, 1.807) is 18.5 Å². The fourth-order valence-electron chi connectivity index (χ4n) is 2.34. The molecule has 0 unspecified atom stereocenters. The second kappa shape index (κ2) is 4.93. The lowest BCUT2D eigenvalue weighted by atomic mass is 10.0. The molecule has 20 heavy (non-hydrogen) atoms. The average Bonchev–Trinajstić information content (AvgIpc) is 2.89. The van der Waals surface area contributed by atoms with Crippen LogP contribution in [0.5, 0.6) is 0 Å². The van der Waals surface area contributed by atoms with Crippen LogP contribution in [0.1, 0.15) is 34.2 Å². The van der Waals surface area contributed by atoms with Crippen LogP contribution in [-0.4, -0.2) is 10.8 Å². The Hall–Kier alpha value is -2.42. The number of benzene rings is 1. The van der Waals surface area contributed by atoms with Crippen molar-refractivity contribution in [1.82, 2.24) is 4.98 Å². The summed E-state index contributed by atoms with van der Waals surface area (Å²) >= 11 is 0. The van der Waals surface area contributed by atoms with Crippen molar-refractivity contribution in [2.24, 2.45) is 0 Å². The second-order valence-corrected chi connectivity index (χ2v) is 4.87. The summed E-state index contributed by atoms with van der Waals surface area (Å²) in [6.45, 7) is 4.03. The van der Waals surface area contributed by atoms with E-state index in [1.165, 1.54) is 0 Å². The molecule has 0 radical (unpaired) electrons. The van der Waals surface area contributed by atoms with E-state index >= 15 is 0 Å². The minimum absolute atomic E-state index is 0.0851. The van der Waals surface area contributed by atoms with Crippen molar-refractivity contribution < 1.29 is 9.21 Å². The summed E-state index contributed by atoms with van der Waals surface area (Å²) < 4.78 is 5.67. The number of carbonyl (C=O) groups excluding carboxylic acids is 1. The molecule has 1 aromatic carbocycles. The molecular formula is C17H15NO2. The largest absolute Gasteiger partial charge is 0.453 e. The zero-order valence-corrected chi connectivity index (χ0v) is 11.5. The Balaban J connectivity index is 2.08. The Morgan fingerprint density at radius 2 is 2.10 bits per heavy atom. The van der Waals surface area contributed by atoms with Gasteiger partial charge in [-0.2, -0.15) is 0 Å². The third kappa shape index (κ3) is 2.11. The molecule has 0 aliphatic carbocycles. The van der Waals surface area contributed by atoms with Gasteiger partial charge < -0.3 is 4.42 Å². The molecule has 2 heterocycles. The number of hydrogen-bond donors (Lipinski definition) is 0. The van der Waals surface area contributed by atoms with Crippen LogP contribution in [0, 0.1) is 6.92 Å². The van der Waals surface area contributed by atoms with Crippen LogP contribution in [0.3, 0.4) is 0 Å². The Bertz CT molecular complexity index is 787. The summed E-state index contributed by atoms with van der Waals surface area (Å²) in [7, 11) is 0. The molecule has 0 aliphatic heterocycles. The normalized spacial score (nSPS) is 10.9. The summed E-state index contributed by atoms with van der Waals surface area (Å²) in [6.07, 6.45) is 4.15. The SMILES string of the molecule is CCc1cnccc1C(=O)c1cc2cc(C)ccc2o1. The van der Waals surface area contributed by atoms with E-state index in [-0.39, 0.29) is 5.78 Å². The van der Waals surface area contributed by atoms with Gasteiger partial charge in [-0.25, -0.2) is 0 Å². The molecule has 0 amide bonds. The Labute approximate surface area is 117 Å². The molecule has 0 atom stereocenters.